The number of thiophene rings is 1. The van der Waals surface area contributed by atoms with E-state index in [-0.39, 0.29) is 23.3 Å². The molecule has 4 rings (SSSR count). The monoisotopic (exact) mass is 399 g/mol. The summed E-state index contributed by atoms with van der Waals surface area (Å²) in [7, 11) is 0. The number of aromatic nitrogens is 3. The van der Waals surface area contributed by atoms with Crippen molar-refractivity contribution >= 4 is 27.3 Å². The molecule has 0 saturated heterocycles. The molecule has 5 nitrogen and oxygen atoms in total. The van der Waals surface area contributed by atoms with E-state index in [1.54, 1.807) is 11.3 Å². The number of fused-ring (bicyclic) bond motifs is 3. The molecular weight excluding hydrogens is 377 g/mol. The second kappa shape index (κ2) is 6.88. The molecule has 0 fully saturated rings. The van der Waals surface area contributed by atoms with Crippen LogP contribution in [0.3, 0.4) is 0 Å². The van der Waals surface area contributed by atoms with Crippen LogP contribution in [0, 0.1) is 17.2 Å². The Morgan fingerprint density at radius 2 is 2.00 bits per heavy atom. The van der Waals surface area contributed by atoms with Crippen LogP contribution in [0.4, 0.5) is 4.39 Å². The highest BCUT2D eigenvalue weighted by molar-refractivity contribution is 7.18. The van der Waals surface area contributed by atoms with Crippen LogP contribution < -0.4 is 5.56 Å². The number of hydrogen-bond donors (Lipinski definition) is 0. The number of halogens is 1. The Bertz CT molecular complexity index is 1110. The molecule has 7 heteroatoms. The molecule has 0 spiro atoms. The van der Waals surface area contributed by atoms with Crippen molar-refractivity contribution in [3.63, 3.8) is 0 Å². The normalized spacial score (nSPS) is 16.9. The highest BCUT2D eigenvalue weighted by atomic mass is 32.1. The van der Waals surface area contributed by atoms with Gasteiger partial charge in [0.15, 0.2) is 10.6 Å². The average molecular weight is 399 g/mol. The summed E-state index contributed by atoms with van der Waals surface area (Å²) >= 11 is 1.55. The molecule has 1 aromatic carbocycles. The topological polar surface area (TPSA) is 64.8 Å². The number of benzene rings is 1. The number of rotatable bonds is 3. The van der Waals surface area contributed by atoms with Crippen molar-refractivity contribution in [2.75, 3.05) is 0 Å². The molecule has 0 radical (unpaired) electrons. The lowest BCUT2D eigenvalue weighted by molar-refractivity contribution is 0.0964. The van der Waals surface area contributed by atoms with Crippen molar-refractivity contribution in [3.8, 4) is 0 Å². The predicted molar refractivity (Wildman–Crippen MR) is 107 cm³/mol. The first-order valence-corrected chi connectivity index (χ1v) is 10.2. The summed E-state index contributed by atoms with van der Waals surface area (Å²) in [6, 6.07) is 5.28. The zero-order chi connectivity index (χ0) is 20.1. The van der Waals surface area contributed by atoms with Gasteiger partial charge in [-0.3, -0.25) is 9.59 Å². The number of carbonyl (C=O) groups is 1. The number of carbonyl (C=O) groups excluding carboxylic acids is 1. The Morgan fingerprint density at radius 3 is 2.68 bits per heavy atom. The molecule has 0 aliphatic heterocycles. The van der Waals surface area contributed by atoms with Crippen LogP contribution in [-0.2, 0) is 19.4 Å². The van der Waals surface area contributed by atoms with E-state index < -0.39 is 5.82 Å². The van der Waals surface area contributed by atoms with Gasteiger partial charge in [-0.1, -0.05) is 26.0 Å². The van der Waals surface area contributed by atoms with Crippen LogP contribution >= 0.6 is 11.3 Å². The largest absolute Gasteiger partial charge is 0.292 e. The molecule has 2 heterocycles. The molecular formula is C21H22FN3O2S. The fourth-order valence-electron chi connectivity index (χ4n) is 3.83. The van der Waals surface area contributed by atoms with Gasteiger partial charge in [-0.25, -0.2) is 9.07 Å². The summed E-state index contributed by atoms with van der Waals surface area (Å²) < 4.78 is 14.2. The molecule has 146 valence electrons. The minimum atomic E-state index is -0.409. The van der Waals surface area contributed by atoms with E-state index in [0.29, 0.717) is 21.7 Å². The van der Waals surface area contributed by atoms with Gasteiger partial charge >= 0.3 is 0 Å². The highest BCUT2D eigenvalue weighted by Crippen LogP contribution is 2.41. The maximum Gasteiger partial charge on any atom is 0.279 e. The van der Waals surface area contributed by atoms with E-state index in [9.17, 15) is 14.0 Å². The number of Topliss-reactive ketones (excluding diaryl/α,β-unsaturated/α-hetero) is 1. The minimum Gasteiger partial charge on any atom is -0.292 e. The number of ketones is 1. The molecule has 1 aliphatic carbocycles. The minimum absolute atomic E-state index is 0.206. The summed E-state index contributed by atoms with van der Waals surface area (Å²) in [4.78, 5) is 27.3. The van der Waals surface area contributed by atoms with Crippen molar-refractivity contribution in [1.29, 1.82) is 0 Å². The van der Waals surface area contributed by atoms with Crippen molar-refractivity contribution in [2.45, 2.75) is 46.6 Å². The zero-order valence-corrected chi connectivity index (χ0v) is 17.0. The van der Waals surface area contributed by atoms with Gasteiger partial charge in [0, 0.05) is 10.4 Å². The second-order valence-electron chi connectivity index (χ2n) is 8.47. The van der Waals surface area contributed by atoms with E-state index in [1.807, 2.05) is 0 Å². The lowest BCUT2D eigenvalue weighted by Gasteiger charge is -2.33. The number of nitrogens with zero attached hydrogens (tertiary/aromatic N) is 3. The first-order valence-electron chi connectivity index (χ1n) is 9.41. The third-order valence-electron chi connectivity index (χ3n) is 5.62. The van der Waals surface area contributed by atoms with E-state index >= 15 is 0 Å². The number of hydrogen-bond acceptors (Lipinski definition) is 5. The fraction of sp³-hybridized carbons (Fsp3) is 0.429. The highest BCUT2D eigenvalue weighted by Gasteiger charge is 2.32. The van der Waals surface area contributed by atoms with Crippen LogP contribution in [0.15, 0.2) is 29.1 Å². The molecule has 1 atom stereocenters. The third-order valence-corrected chi connectivity index (χ3v) is 6.76. The van der Waals surface area contributed by atoms with Crippen LogP contribution in [-0.4, -0.2) is 20.8 Å². The molecule has 1 unspecified atom stereocenters. The van der Waals surface area contributed by atoms with E-state index in [1.165, 1.54) is 29.1 Å². The Hall–Kier alpha value is -2.41. The fourth-order valence-corrected chi connectivity index (χ4v) is 5.07. The molecule has 0 amide bonds. The van der Waals surface area contributed by atoms with Gasteiger partial charge in [0.05, 0.1) is 5.39 Å². The Kier molecular flexibility index (Phi) is 4.65. The van der Waals surface area contributed by atoms with Crippen molar-refractivity contribution in [3.05, 3.63) is 56.4 Å². The molecule has 3 aromatic rings. The van der Waals surface area contributed by atoms with E-state index in [2.05, 4.69) is 31.1 Å². The van der Waals surface area contributed by atoms with Gasteiger partial charge in [0.25, 0.3) is 5.56 Å². The van der Waals surface area contributed by atoms with E-state index in [0.717, 1.165) is 29.5 Å². The summed E-state index contributed by atoms with van der Waals surface area (Å²) in [5.41, 5.74) is 1.37. The SMILES string of the molecule is CC(C)(C)C1CCc2c(sc3nnn(CC(=O)c4ccc(F)cc4)c(=O)c23)C1. The smallest absolute Gasteiger partial charge is 0.279 e. The maximum absolute atomic E-state index is 13.1. The lowest BCUT2D eigenvalue weighted by atomic mass is 9.72. The maximum atomic E-state index is 13.1. The van der Waals surface area contributed by atoms with Gasteiger partial charge in [-0.2, -0.15) is 0 Å². The summed E-state index contributed by atoms with van der Waals surface area (Å²) in [5.74, 6) is -0.135. The Morgan fingerprint density at radius 1 is 1.29 bits per heavy atom. The molecule has 28 heavy (non-hydrogen) atoms. The van der Waals surface area contributed by atoms with Crippen LogP contribution in [0.1, 0.15) is 48.0 Å². The standard InChI is InChI=1S/C21H22FN3O2S/c1-21(2,3)13-6-9-15-17(10-13)28-19-18(15)20(27)25(24-23-19)11-16(26)12-4-7-14(22)8-5-12/h4-5,7-8,13H,6,9-11H2,1-3H3. The lowest BCUT2D eigenvalue weighted by Crippen LogP contribution is -2.29. The van der Waals surface area contributed by atoms with E-state index in [4.69, 9.17) is 0 Å². The van der Waals surface area contributed by atoms with Crippen molar-refractivity contribution in [1.82, 2.24) is 15.0 Å². The molecule has 2 aromatic heterocycles. The van der Waals surface area contributed by atoms with Crippen LogP contribution in [0.2, 0.25) is 0 Å². The van der Waals surface area contributed by atoms with Crippen molar-refractivity contribution < 1.29 is 9.18 Å². The quantitative estimate of drug-likeness (QED) is 0.624. The zero-order valence-electron chi connectivity index (χ0n) is 16.2. The molecule has 0 N–H and O–H groups in total. The predicted octanol–water partition coefficient (Wildman–Crippen LogP) is 4.03. The Labute approximate surface area is 166 Å². The summed E-state index contributed by atoms with van der Waals surface area (Å²) in [5, 5.41) is 8.79. The van der Waals surface area contributed by atoms with Crippen LogP contribution in [0.5, 0.6) is 0 Å². The first kappa shape index (κ1) is 18.9. The van der Waals surface area contributed by atoms with Gasteiger partial charge in [-0.15, -0.1) is 16.4 Å². The second-order valence-corrected chi connectivity index (χ2v) is 9.56. The third kappa shape index (κ3) is 3.39. The first-order chi connectivity index (χ1) is 13.2. The van der Waals surface area contributed by atoms with Crippen molar-refractivity contribution in [2.24, 2.45) is 11.3 Å². The summed E-state index contributed by atoms with van der Waals surface area (Å²) in [6.45, 7) is 6.56. The molecule has 0 bridgehead atoms. The van der Waals surface area contributed by atoms with Gasteiger partial charge in [0.2, 0.25) is 0 Å². The number of aryl methyl sites for hydroxylation is 1. The molecule has 1 aliphatic rings. The Balaban J connectivity index is 1.67. The van der Waals surface area contributed by atoms with Gasteiger partial charge < -0.3 is 0 Å². The summed E-state index contributed by atoms with van der Waals surface area (Å²) in [6.07, 6.45) is 2.84. The van der Waals surface area contributed by atoms with Gasteiger partial charge in [-0.05, 0) is 60.4 Å². The van der Waals surface area contributed by atoms with Gasteiger partial charge in [0.1, 0.15) is 12.4 Å². The molecule has 0 saturated carbocycles. The van der Waals surface area contributed by atoms with Crippen LogP contribution in [0.25, 0.3) is 10.2 Å². The average Bonchev–Trinajstić information content (AvgIpc) is 3.02.